The van der Waals surface area contributed by atoms with Gasteiger partial charge in [0.05, 0.1) is 12.8 Å². The summed E-state index contributed by atoms with van der Waals surface area (Å²) in [5, 5.41) is 6.17. The maximum Gasteiger partial charge on any atom is 0.251 e. The molecule has 126 valence electrons. The molecule has 0 atom stereocenters. The molecule has 0 unspecified atom stereocenters. The molecule has 0 heterocycles. The second-order valence-electron chi connectivity index (χ2n) is 5.23. The molecule has 0 fully saturated rings. The lowest BCUT2D eigenvalue weighted by atomic mass is 10.1. The van der Waals surface area contributed by atoms with Crippen molar-refractivity contribution in [3.05, 3.63) is 58.6 Å². The minimum absolute atomic E-state index is 0.216. The summed E-state index contributed by atoms with van der Waals surface area (Å²) in [6.07, 6.45) is 0.682. The van der Waals surface area contributed by atoms with E-state index < -0.39 is 0 Å². The molecule has 0 aliphatic heterocycles. The zero-order chi connectivity index (χ0) is 17.5. The van der Waals surface area contributed by atoms with Crippen LogP contribution in [0.25, 0.3) is 0 Å². The number of methoxy groups -OCH3 is 1. The number of rotatable bonds is 6. The van der Waals surface area contributed by atoms with Gasteiger partial charge in [0.15, 0.2) is 0 Å². The van der Waals surface area contributed by atoms with E-state index in [1.165, 1.54) is 14.0 Å². The van der Waals surface area contributed by atoms with Gasteiger partial charge in [0.1, 0.15) is 5.75 Å². The molecule has 2 N–H and O–H groups in total. The van der Waals surface area contributed by atoms with Gasteiger partial charge < -0.3 is 15.4 Å². The highest BCUT2D eigenvalue weighted by Crippen LogP contribution is 2.25. The second-order valence-corrected chi connectivity index (χ2v) is 5.67. The topological polar surface area (TPSA) is 67.4 Å². The summed E-state index contributed by atoms with van der Waals surface area (Å²) in [5.74, 6) is 0.0544. The van der Waals surface area contributed by atoms with Crippen LogP contribution in [0.4, 0.5) is 5.69 Å². The fourth-order valence-corrected chi connectivity index (χ4v) is 2.46. The molecule has 2 amide bonds. The number of anilines is 1. The van der Waals surface area contributed by atoms with Gasteiger partial charge in [0.25, 0.3) is 5.91 Å². The van der Waals surface area contributed by atoms with Crippen molar-refractivity contribution in [3.8, 4) is 5.75 Å². The third-order valence-corrected chi connectivity index (χ3v) is 3.60. The monoisotopic (exact) mass is 346 g/mol. The highest BCUT2D eigenvalue weighted by atomic mass is 35.5. The Hall–Kier alpha value is -2.53. The molecule has 0 bridgehead atoms. The van der Waals surface area contributed by atoms with Crippen LogP contribution in [0, 0.1) is 0 Å². The minimum Gasteiger partial charge on any atom is -0.495 e. The van der Waals surface area contributed by atoms with Crippen molar-refractivity contribution in [3.63, 3.8) is 0 Å². The van der Waals surface area contributed by atoms with Crippen LogP contribution in [-0.4, -0.2) is 25.5 Å². The van der Waals surface area contributed by atoms with E-state index >= 15 is 0 Å². The van der Waals surface area contributed by atoms with Gasteiger partial charge in [-0.3, -0.25) is 9.59 Å². The Morgan fingerprint density at radius 3 is 2.62 bits per heavy atom. The van der Waals surface area contributed by atoms with E-state index in [4.69, 9.17) is 16.3 Å². The Morgan fingerprint density at radius 2 is 1.96 bits per heavy atom. The molecule has 6 heteroatoms. The number of benzene rings is 2. The number of ether oxygens (including phenoxy) is 1. The standard InChI is InChI=1S/C18H19ClN2O3/c1-12(22)21-16-11-14(6-7-17(16)24-2)18(23)20-9-8-13-4-3-5-15(19)10-13/h3-7,10-11H,8-9H2,1-2H3,(H,20,23)(H,21,22). The number of carbonyl (C=O) groups excluding carboxylic acids is 2. The molecule has 0 aliphatic carbocycles. The van der Waals surface area contributed by atoms with Gasteiger partial charge in [0.2, 0.25) is 5.91 Å². The van der Waals surface area contributed by atoms with Gasteiger partial charge in [-0.05, 0) is 42.3 Å². The summed E-state index contributed by atoms with van der Waals surface area (Å²) in [7, 11) is 1.51. The molecular weight excluding hydrogens is 328 g/mol. The fourth-order valence-electron chi connectivity index (χ4n) is 2.25. The summed E-state index contributed by atoms with van der Waals surface area (Å²) < 4.78 is 5.17. The first-order chi connectivity index (χ1) is 11.5. The van der Waals surface area contributed by atoms with Crippen LogP contribution in [0.2, 0.25) is 5.02 Å². The Morgan fingerprint density at radius 1 is 1.17 bits per heavy atom. The lowest BCUT2D eigenvalue weighted by Crippen LogP contribution is -2.25. The predicted molar refractivity (Wildman–Crippen MR) is 94.8 cm³/mol. The van der Waals surface area contributed by atoms with E-state index in [0.29, 0.717) is 35.0 Å². The molecule has 2 aromatic carbocycles. The number of amides is 2. The summed E-state index contributed by atoms with van der Waals surface area (Å²) in [5.41, 5.74) is 1.97. The van der Waals surface area contributed by atoms with Gasteiger partial charge in [-0.2, -0.15) is 0 Å². The highest BCUT2D eigenvalue weighted by Gasteiger charge is 2.11. The number of nitrogens with one attached hydrogen (secondary N) is 2. The molecule has 0 aromatic heterocycles. The molecule has 2 rings (SSSR count). The Labute approximate surface area is 146 Å². The van der Waals surface area contributed by atoms with Gasteiger partial charge in [-0.15, -0.1) is 0 Å². The van der Waals surface area contributed by atoms with E-state index in [1.807, 2.05) is 24.3 Å². The molecule has 2 aromatic rings. The quantitative estimate of drug-likeness (QED) is 0.843. The van der Waals surface area contributed by atoms with Crippen molar-refractivity contribution >= 4 is 29.1 Å². The molecule has 0 saturated heterocycles. The summed E-state index contributed by atoms with van der Waals surface area (Å²) >= 11 is 5.94. The third kappa shape index (κ3) is 4.99. The van der Waals surface area contributed by atoms with E-state index in [0.717, 1.165) is 5.56 Å². The van der Waals surface area contributed by atoms with Crippen molar-refractivity contribution in [1.82, 2.24) is 5.32 Å². The molecule has 0 saturated carbocycles. The van der Waals surface area contributed by atoms with E-state index in [-0.39, 0.29) is 11.8 Å². The number of hydrogen-bond donors (Lipinski definition) is 2. The maximum atomic E-state index is 12.2. The summed E-state index contributed by atoms with van der Waals surface area (Å²) in [6, 6.07) is 12.4. The molecule has 0 radical (unpaired) electrons. The Balaban J connectivity index is 2.00. The molecule has 5 nitrogen and oxygen atoms in total. The van der Waals surface area contributed by atoms with E-state index in [1.54, 1.807) is 18.2 Å². The number of halogens is 1. The van der Waals surface area contributed by atoms with E-state index in [9.17, 15) is 9.59 Å². The first-order valence-electron chi connectivity index (χ1n) is 7.48. The van der Waals surface area contributed by atoms with Crippen molar-refractivity contribution in [1.29, 1.82) is 0 Å². The lowest BCUT2D eigenvalue weighted by molar-refractivity contribution is -0.114. The largest absolute Gasteiger partial charge is 0.495 e. The minimum atomic E-state index is -0.230. The van der Waals surface area contributed by atoms with Crippen molar-refractivity contribution < 1.29 is 14.3 Å². The van der Waals surface area contributed by atoms with Crippen LogP contribution in [0.15, 0.2) is 42.5 Å². The normalized spacial score (nSPS) is 10.1. The molecule has 0 aliphatic rings. The van der Waals surface area contributed by atoms with Crippen LogP contribution >= 0.6 is 11.6 Å². The van der Waals surface area contributed by atoms with Crippen LogP contribution in [-0.2, 0) is 11.2 Å². The predicted octanol–water partition coefficient (Wildman–Crippen LogP) is 3.28. The van der Waals surface area contributed by atoms with Gasteiger partial charge in [-0.1, -0.05) is 23.7 Å². The molecular formula is C18H19ClN2O3. The summed E-state index contributed by atoms with van der Waals surface area (Å²) in [6.45, 7) is 1.89. The summed E-state index contributed by atoms with van der Waals surface area (Å²) in [4.78, 5) is 23.5. The molecule has 24 heavy (non-hydrogen) atoms. The zero-order valence-corrected chi connectivity index (χ0v) is 14.3. The van der Waals surface area contributed by atoms with Crippen LogP contribution in [0.3, 0.4) is 0 Å². The fraction of sp³-hybridized carbons (Fsp3) is 0.222. The Bertz CT molecular complexity index is 747. The smallest absolute Gasteiger partial charge is 0.251 e. The molecule has 0 spiro atoms. The van der Waals surface area contributed by atoms with Crippen molar-refractivity contribution in [2.75, 3.05) is 19.0 Å². The van der Waals surface area contributed by atoms with Crippen molar-refractivity contribution in [2.24, 2.45) is 0 Å². The van der Waals surface area contributed by atoms with Crippen LogP contribution in [0.5, 0.6) is 5.75 Å². The number of carbonyl (C=O) groups is 2. The Kier molecular flexibility index (Phi) is 6.21. The van der Waals surface area contributed by atoms with Crippen molar-refractivity contribution in [2.45, 2.75) is 13.3 Å². The van der Waals surface area contributed by atoms with Gasteiger partial charge in [-0.25, -0.2) is 0 Å². The lowest BCUT2D eigenvalue weighted by Gasteiger charge is -2.11. The first-order valence-corrected chi connectivity index (χ1v) is 7.85. The zero-order valence-electron chi connectivity index (χ0n) is 13.6. The SMILES string of the molecule is COc1ccc(C(=O)NCCc2cccc(Cl)c2)cc1NC(C)=O. The first kappa shape index (κ1) is 17.8. The average molecular weight is 347 g/mol. The van der Waals surface area contributed by atoms with Crippen LogP contribution < -0.4 is 15.4 Å². The van der Waals surface area contributed by atoms with E-state index in [2.05, 4.69) is 10.6 Å². The van der Waals surface area contributed by atoms with Crippen LogP contribution in [0.1, 0.15) is 22.8 Å². The average Bonchev–Trinajstić information content (AvgIpc) is 2.54. The second kappa shape index (κ2) is 8.36. The maximum absolute atomic E-state index is 12.2. The van der Waals surface area contributed by atoms with Gasteiger partial charge >= 0.3 is 0 Å². The number of hydrogen-bond acceptors (Lipinski definition) is 3. The third-order valence-electron chi connectivity index (χ3n) is 3.36. The highest BCUT2D eigenvalue weighted by molar-refractivity contribution is 6.30. The van der Waals surface area contributed by atoms with Gasteiger partial charge in [0, 0.05) is 24.1 Å².